The van der Waals surface area contributed by atoms with Gasteiger partial charge in [0.15, 0.2) is 6.17 Å². The third-order valence-corrected chi connectivity index (χ3v) is 5.60. The third kappa shape index (κ3) is 5.96. The number of hydrogen-bond donors (Lipinski definition) is 3. The Morgan fingerprint density at radius 2 is 2.10 bits per heavy atom. The maximum atomic E-state index is 11.8. The van der Waals surface area contributed by atoms with Gasteiger partial charge < -0.3 is 4.84 Å². The van der Waals surface area contributed by atoms with Crippen molar-refractivity contribution in [3.05, 3.63) is 5.82 Å². The Labute approximate surface area is 171 Å². The Kier molecular flexibility index (Phi) is 7.18. The molecule has 10 heteroatoms. The van der Waals surface area contributed by atoms with Gasteiger partial charge in [0, 0.05) is 12.3 Å². The van der Waals surface area contributed by atoms with Gasteiger partial charge in [-0.1, -0.05) is 44.9 Å². The molecule has 1 saturated carbocycles. The highest BCUT2D eigenvalue weighted by atomic mass is 16.7. The Morgan fingerprint density at radius 1 is 1.34 bits per heavy atom. The van der Waals surface area contributed by atoms with Crippen molar-refractivity contribution in [2.24, 2.45) is 16.8 Å². The molecule has 1 aliphatic carbocycles. The maximum absolute atomic E-state index is 11.8. The molecule has 0 radical (unpaired) electrons. The predicted octanol–water partition coefficient (Wildman–Crippen LogP) is 2.62. The van der Waals surface area contributed by atoms with Crippen LogP contribution in [0.4, 0.5) is 0 Å². The molecule has 29 heavy (non-hydrogen) atoms. The molecule has 10 nitrogen and oxygen atoms in total. The minimum atomic E-state index is -0.556. The number of carbonyl (C=O) groups excluding carboxylic acids is 1. The van der Waals surface area contributed by atoms with Crippen LogP contribution in [0.3, 0.4) is 0 Å². The molecule has 1 amide bonds. The molecule has 0 spiro atoms. The minimum Gasteiger partial charge on any atom is -0.391 e. The first kappa shape index (κ1) is 21.6. The summed E-state index contributed by atoms with van der Waals surface area (Å²) in [7, 11) is 0. The van der Waals surface area contributed by atoms with Gasteiger partial charge in [0.05, 0.1) is 5.54 Å². The van der Waals surface area contributed by atoms with Gasteiger partial charge in [-0.3, -0.25) is 10.0 Å². The van der Waals surface area contributed by atoms with Gasteiger partial charge >= 0.3 is 0 Å². The van der Waals surface area contributed by atoms with Gasteiger partial charge in [0.2, 0.25) is 17.6 Å². The maximum Gasteiger partial charge on any atom is 0.244 e. The molecule has 2 aliphatic rings. The van der Waals surface area contributed by atoms with E-state index >= 15 is 0 Å². The van der Waals surface area contributed by atoms with Crippen molar-refractivity contribution in [1.29, 1.82) is 0 Å². The zero-order valence-corrected chi connectivity index (χ0v) is 17.6. The van der Waals surface area contributed by atoms with E-state index in [4.69, 9.17) is 10.0 Å². The van der Waals surface area contributed by atoms with Crippen LogP contribution in [0.25, 0.3) is 0 Å². The molecule has 3 N–H and O–H groups in total. The van der Waals surface area contributed by atoms with Crippen molar-refractivity contribution in [1.82, 2.24) is 31.2 Å². The molecule has 1 fully saturated rings. The minimum absolute atomic E-state index is 0.122. The Morgan fingerprint density at radius 3 is 2.76 bits per heavy atom. The second-order valence-electron chi connectivity index (χ2n) is 9.07. The van der Waals surface area contributed by atoms with Gasteiger partial charge in [0.1, 0.15) is 0 Å². The number of hydrogen-bond acceptors (Lipinski definition) is 8. The number of tetrazole rings is 1. The van der Waals surface area contributed by atoms with Crippen LogP contribution in [0.5, 0.6) is 0 Å². The summed E-state index contributed by atoms with van der Waals surface area (Å²) in [6, 6.07) is 0. The number of aromatic nitrogens is 4. The fourth-order valence-corrected chi connectivity index (χ4v) is 3.93. The van der Waals surface area contributed by atoms with Crippen molar-refractivity contribution in [2.45, 2.75) is 90.3 Å². The first-order valence-electron chi connectivity index (χ1n) is 10.6. The molecular formula is C19H33N7O3. The highest BCUT2D eigenvalue weighted by Gasteiger charge is 2.31. The smallest absolute Gasteiger partial charge is 0.244 e. The standard InChI is InChI=1S/C19H33N7O3/c1-19(2,3)26-22-17(21-25-26)16-20-18(29-24-16)14(12-15(27)23-28)11-7-10-13-8-5-4-6-9-13/h13-14,16,24,28H,4-12H2,1-3H3,(H,23,27)/t14-,16?/m1/s1. The quantitative estimate of drug-likeness (QED) is 0.446. The Bertz CT molecular complexity index is 707. The van der Waals surface area contributed by atoms with E-state index in [9.17, 15) is 4.79 Å². The summed E-state index contributed by atoms with van der Waals surface area (Å²) in [6.07, 6.45) is 9.10. The normalized spacial score (nSPS) is 21.5. The summed E-state index contributed by atoms with van der Waals surface area (Å²) in [5.74, 6) is 1.00. The summed E-state index contributed by atoms with van der Waals surface area (Å²) in [5.41, 5.74) is 4.26. The van der Waals surface area contributed by atoms with Crippen LogP contribution in [0.2, 0.25) is 0 Å². The summed E-state index contributed by atoms with van der Waals surface area (Å²) >= 11 is 0. The summed E-state index contributed by atoms with van der Waals surface area (Å²) in [6.45, 7) is 5.96. The predicted molar refractivity (Wildman–Crippen MR) is 106 cm³/mol. The number of carbonyl (C=O) groups is 1. The van der Waals surface area contributed by atoms with E-state index in [1.807, 2.05) is 20.8 Å². The molecular weight excluding hydrogens is 374 g/mol. The molecule has 1 aromatic heterocycles. The molecule has 3 rings (SSSR count). The van der Waals surface area contributed by atoms with Gasteiger partial charge in [-0.2, -0.15) is 4.80 Å². The fourth-order valence-electron chi connectivity index (χ4n) is 3.93. The number of nitrogens with one attached hydrogen (secondary N) is 2. The first-order chi connectivity index (χ1) is 13.9. The third-order valence-electron chi connectivity index (χ3n) is 5.60. The molecule has 0 aromatic carbocycles. The molecule has 162 valence electrons. The van der Waals surface area contributed by atoms with Gasteiger partial charge in [-0.25, -0.2) is 10.5 Å². The Balaban J connectivity index is 1.62. The van der Waals surface area contributed by atoms with E-state index in [1.54, 1.807) is 10.3 Å². The molecule has 2 heterocycles. The lowest BCUT2D eigenvalue weighted by molar-refractivity contribution is -0.129. The van der Waals surface area contributed by atoms with E-state index in [2.05, 4.69) is 25.9 Å². The van der Waals surface area contributed by atoms with Crippen molar-refractivity contribution < 1.29 is 14.8 Å². The monoisotopic (exact) mass is 407 g/mol. The lowest BCUT2D eigenvalue weighted by atomic mass is 9.84. The largest absolute Gasteiger partial charge is 0.391 e. The molecule has 0 saturated heterocycles. The second kappa shape index (κ2) is 9.62. The summed E-state index contributed by atoms with van der Waals surface area (Å²) in [5, 5.41) is 21.5. The molecule has 0 bridgehead atoms. The summed E-state index contributed by atoms with van der Waals surface area (Å²) < 4.78 is 0. The summed E-state index contributed by atoms with van der Waals surface area (Å²) in [4.78, 5) is 23.5. The van der Waals surface area contributed by atoms with E-state index in [0.29, 0.717) is 11.7 Å². The number of aliphatic imine (C=N–C) groups is 1. The zero-order valence-electron chi connectivity index (χ0n) is 17.6. The van der Waals surface area contributed by atoms with Crippen LogP contribution >= 0.6 is 0 Å². The van der Waals surface area contributed by atoms with E-state index in [0.717, 1.165) is 25.2 Å². The van der Waals surface area contributed by atoms with E-state index in [1.165, 1.54) is 32.1 Å². The topological polar surface area (TPSA) is 127 Å². The van der Waals surface area contributed by atoms with Gasteiger partial charge in [-0.15, -0.1) is 15.7 Å². The number of rotatable bonds is 8. The van der Waals surface area contributed by atoms with Crippen molar-refractivity contribution in [3.8, 4) is 0 Å². The van der Waals surface area contributed by atoms with Crippen LogP contribution in [0.15, 0.2) is 4.99 Å². The highest BCUT2D eigenvalue weighted by molar-refractivity contribution is 5.85. The van der Waals surface area contributed by atoms with Crippen LogP contribution < -0.4 is 11.0 Å². The van der Waals surface area contributed by atoms with Gasteiger partial charge in [-0.05, 0) is 38.3 Å². The van der Waals surface area contributed by atoms with Crippen molar-refractivity contribution in [3.63, 3.8) is 0 Å². The van der Waals surface area contributed by atoms with Crippen LogP contribution in [-0.2, 0) is 15.2 Å². The van der Waals surface area contributed by atoms with Gasteiger partial charge in [0.25, 0.3) is 0 Å². The van der Waals surface area contributed by atoms with Crippen LogP contribution in [-0.4, -0.2) is 37.2 Å². The van der Waals surface area contributed by atoms with Crippen LogP contribution in [0.1, 0.15) is 90.5 Å². The zero-order chi connectivity index (χ0) is 20.9. The van der Waals surface area contributed by atoms with Crippen molar-refractivity contribution >= 4 is 11.8 Å². The lowest BCUT2D eigenvalue weighted by Crippen LogP contribution is -2.27. The Hall–Kier alpha value is -2.07. The van der Waals surface area contributed by atoms with Crippen LogP contribution in [0, 0.1) is 11.8 Å². The first-order valence-corrected chi connectivity index (χ1v) is 10.6. The molecule has 1 aliphatic heterocycles. The van der Waals surface area contributed by atoms with Crippen molar-refractivity contribution in [2.75, 3.05) is 0 Å². The molecule has 2 atom stereocenters. The number of hydroxylamine groups is 2. The second-order valence-corrected chi connectivity index (χ2v) is 9.07. The van der Waals surface area contributed by atoms with E-state index in [-0.39, 0.29) is 17.9 Å². The fraction of sp³-hybridized carbons (Fsp3) is 0.842. The lowest BCUT2D eigenvalue weighted by Gasteiger charge is -2.22. The average Bonchev–Trinajstić information content (AvgIpc) is 3.37. The highest BCUT2D eigenvalue weighted by Crippen LogP contribution is 2.30. The van der Waals surface area contributed by atoms with E-state index < -0.39 is 12.1 Å². The number of nitrogens with zero attached hydrogens (tertiary/aromatic N) is 5. The number of amides is 1. The SMILES string of the molecule is CC(C)(C)n1nnc(C2N=C([C@H](CCCC3CCCCC3)CC(=O)NO)ON2)n1. The average molecular weight is 408 g/mol. The molecule has 1 aromatic rings. The molecule has 1 unspecified atom stereocenters.